The zero-order chi connectivity index (χ0) is 53.0. The van der Waals surface area contributed by atoms with Gasteiger partial charge in [-0.15, -0.1) is 0 Å². The van der Waals surface area contributed by atoms with Crippen LogP contribution in [0.25, 0.3) is 10.9 Å². The van der Waals surface area contributed by atoms with Crippen molar-refractivity contribution in [2.45, 2.75) is 135 Å². The number of aliphatic hydroxyl groups is 2. The van der Waals surface area contributed by atoms with Gasteiger partial charge >= 0.3 is 35.9 Å². The van der Waals surface area contributed by atoms with Crippen molar-refractivity contribution in [2.75, 3.05) is 6.61 Å². The van der Waals surface area contributed by atoms with Crippen molar-refractivity contribution in [1.82, 2.24) is 10.3 Å². The van der Waals surface area contributed by atoms with Crippen LogP contribution >= 0.6 is 0 Å². The Morgan fingerprint density at radius 1 is 0.822 bits per heavy atom. The van der Waals surface area contributed by atoms with Crippen molar-refractivity contribution in [3.63, 3.8) is 0 Å². The van der Waals surface area contributed by atoms with Crippen molar-refractivity contribution < 1.29 is 76.9 Å². The number of benzene rings is 3. The fourth-order valence-corrected chi connectivity index (χ4v) is 11.3. The highest BCUT2D eigenvalue weighted by molar-refractivity contribution is 5.96. The molecule has 1 aromatic heterocycles. The lowest BCUT2D eigenvalue weighted by molar-refractivity contribution is -0.346. The number of aliphatic hydroxyl groups excluding tert-OH is 1. The van der Waals surface area contributed by atoms with E-state index >= 15 is 9.59 Å². The van der Waals surface area contributed by atoms with Gasteiger partial charge in [0, 0.05) is 37.5 Å². The molecule has 3 fully saturated rings. The lowest BCUT2D eigenvalue weighted by atomic mass is 9.44. The molecular weight excluding hydrogens is 945 g/mol. The van der Waals surface area contributed by atoms with Crippen LogP contribution in [-0.4, -0.2) is 117 Å². The van der Waals surface area contributed by atoms with E-state index in [2.05, 4.69) is 10.3 Å². The first-order chi connectivity index (χ1) is 34.3. The van der Waals surface area contributed by atoms with Crippen LogP contribution in [0.15, 0.2) is 108 Å². The van der Waals surface area contributed by atoms with E-state index in [1.807, 2.05) is 0 Å². The number of ketones is 1. The standard InChI is InChI=1S/C55H60N2O16/c1-29-37(69-49(64)43(70-48(63)36-25-24-32-18-16-17-23-35(32)56-36)41(33-19-12-10-13-20-33)57-50(65)73-51(4,5)6)27-55(66)46(71-47(62)34-21-14-11-15-22-34)44-53(9,38(60)26-39-54(44,28-67-39)72-31(3)59)45(61)42(68-30(2)58)40(29)52(55,7)8/h10-25,37-39,41-44,46,60,66H,26-28H2,1-9H3,(H,57,65)/t37-,38-,39+,41-,42+,43+,44-,46-,53+,54-,55+/m0/s1. The van der Waals surface area contributed by atoms with Crippen LogP contribution in [0.3, 0.4) is 0 Å². The first kappa shape index (κ1) is 52.3. The summed E-state index contributed by atoms with van der Waals surface area (Å²) < 4.78 is 42.6. The Balaban J connectivity index is 1.31. The van der Waals surface area contributed by atoms with E-state index in [4.69, 9.17) is 33.2 Å². The third-order valence-electron chi connectivity index (χ3n) is 14.8. The molecule has 3 aromatic carbocycles. The van der Waals surface area contributed by atoms with Gasteiger partial charge in [-0.2, -0.15) is 0 Å². The molecular formula is C55H60N2O16. The largest absolute Gasteiger partial charge is 0.455 e. The fourth-order valence-electron chi connectivity index (χ4n) is 11.3. The predicted octanol–water partition coefficient (Wildman–Crippen LogP) is 6.24. The van der Waals surface area contributed by atoms with Gasteiger partial charge in [-0.25, -0.2) is 24.2 Å². The minimum Gasteiger partial charge on any atom is -0.455 e. The van der Waals surface area contributed by atoms with Gasteiger partial charge in [0.1, 0.15) is 41.2 Å². The summed E-state index contributed by atoms with van der Waals surface area (Å²) in [5, 5.41) is 29.6. The molecule has 1 amide bonds. The molecule has 2 bridgehead atoms. The summed E-state index contributed by atoms with van der Waals surface area (Å²) in [6.45, 7) is 12.8. The van der Waals surface area contributed by atoms with Crippen LogP contribution in [-0.2, 0) is 52.3 Å². The van der Waals surface area contributed by atoms with Crippen molar-refractivity contribution in [3.8, 4) is 0 Å². The van der Waals surface area contributed by atoms with E-state index < -0.39 is 124 Å². The molecule has 0 spiro atoms. The normalized spacial score (nSPS) is 29.0. The molecule has 1 saturated heterocycles. The topological polar surface area (TPSA) is 249 Å². The van der Waals surface area contributed by atoms with Crippen LogP contribution < -0.4 is 5.32 Å². The number of carbonyl (C=O) groups excluding carboxylic acids is 7. The van der Waals surface area contributed by atoms with Crippen molar-refractivity contribution in [1.29, 1.82) is 0 Å². The number of alkyl carbamates (subject to hydrolysis) is 1. The number of esters is 5. The highest BCUT2D eigenvalue weighted by Crippen LogP contribution is 2.64. The molecule has 4 aliphatic rings. The maximum atomic E-state index is 15.8. The number of amides is 1. The van der Waals surface area contributed by atoms with Gasteiger partial charge in [-0.3, -0.25) is 14.4 Å². The molecule has 8 rings (SSSR count). The van der Waals surface area contributed by atoms with E-state index in [9.17, 15) is 34.2 Å². The maximum absolute atomic E-state index is 15.8. The summed E-state index contributed by atoms with van der Waals surface area (Å²) in [6.07, 6.45) is -12.0. The Morgan fingerprint density at radius 3 is 2.08 bits per heavy atom. The number of ether oxygens (including phenoxy) is 7. The van der Waals surface area contributed by atoms with Gasteiger partial charge in [0.2, 0.25) is 6.10 Å². The van der Waals surface area contributed by atoms with E-state index in [1.54, 1.807) is 113 Å². The second kappa shape index (κ2) is 19.4. The summed E-state index contributed by atoms with van der Waals surface area (Å²) >= 11 is 0. The molecule has 386 valence electrons. The number of fused-ring (bicyclic) bond motifs is 6. The minimum absolute atomic E-state index is 0.0387. The quantitative estimate of drug-likeness (QED) is 0.0854. The number of hydrogen-bond donors (Lipinski definition) is 3. The van der Waals surface area contributed by atoms with Gasteiger partial charge in [-0.05, 0) is 75.6 Å². The Bertz CT molecular complexity index is 2880. The lowest BCUT2D eigenvalue weighted by Crippen LogP contribution is -2.82. The molecule has 11 atom stereocenters. The number of nitrogens with zero attached hydrogens (tertiary/aromatic N) is 1. The van der Waals surface area contributed by atoms with Gasteiger partial charge < -0.3 is 48.7 Å². The average molecular weight is 1010 g/mol. The maximum Gasteiger partial charge on any atom is 0.408 e. The fraction of sp³-hybridized carbons (Fsp3) is 0.455. The summed E-state index contributed by atoms with van der Waals surface area (Å²) in [4.78, 5) is 104. The molecule has 1 aliphatic heterocycles. The van der Waals surface area contributed by atoms with Gasteiger partial charge in [-0.1, -0.05) is 86.6 Å². The number of pyridine rings is 1. The zero-order valence-corrected chi connectivity index (χ0v) is 42.0. The predicted molar refractivity (Wildman–Crippen MR) is 258 cm³/mol. The molecule has 73 heavy (non-hydrogen) atoms. The molecule has 0 unspecified atom stereocenters. The summed E-state index contributed by atoms with van der Waals surface area (Å²) in [7, 11) is 0. The summed E-state index contributed by atoms with van der Waals surface area (Å²) in [6, 6.07) is 24.5. The minimum atomic E-state index is -2.48. The smallest absolute Gasteiger partial charge is 0.408 e. The molecule has 2 saturated carbocycles. The Morgan fingerprint density at radius 2 is 1.47 bits per heavy atom. The van der Waals surface area contributed by atoms with Crippen LogP contribution in [0.1, 0.15) is 108 Å². The summed E-state index contributed by atoms with van der Waals surface area (Å²) in [5.41, 5.74) is -8.57. The number of Topliss-reactive ketones (excluding diaryl/α,β-unsaturated/α-hetero) is 1. The second-order valence-corrected chi connectivity index (χ2v) is 20.9. The third-order valence-corrected chi connectivity index (χ3v) is 14.8. The number of para-hydroxylation sites is 1. The molecule has 18 heteroatoms. The van der Waals surface area contributed by atoms with E-state index in [-0.39, 0.29) is 41.0 Å². The highest BCUT2D eigenvalue weighted by atomic mass is 16.6. The Kier molecular flexibility index (Phi) is 13.9. The van der Waals surface area contributed by atoms with Gasteiger partial charge in [0.15, 0.2) is 17.5 Å². The average Bonchev–Trinajstić information content (AvgIpc) is 3.33. The molecule has 2 heterocycles. The lowest BCUT2D eigenvalue weighted by Gasteiger charge is -2.67. The van der Waals surface area contributed by atoms with Crippen LogP contribution in [0.2, 0.25) is 0 Å². The number of carbonyl (C=O) groups is 7. The highest BCUT2D eigenvalue weighted by Gasteiger charge is 2.78. The zero-order valence-electron chi connectivity index (χ0n) is 42.0. The van der Waals surface area contributed by atoms with E-state index in [0.717, 1.165) is 13.8 Å². The monoisotopic (exact) mass is 1000 g/mol. The summed E-state index contributed by atoms with van der Waals surface area (Å²) in [5.74, 6) is -7.56. The number of rotatable bonds is 11. The Hall–Kier alpha value is -7.02. The van der Waals surface area contributed by atoms with Crippen molar-refractivity contribution in [2.24, 2.45) is 16.7 Å². The van der Waals surface area contributed by atoms with Gasteiger partial charge in [0.25, 0.3) is 0 Å². The number of nitrogens with one attached hydrogen (secondary N) is 1. The molecule has 3 aliphatic carbocycles. The molecule has 3 N–H and O–H groups in total. The number of hydrogen-bond acceptors (Lipinski definition) is 17. The first-order valence-corrected chi connectivity index (χ1v) is 24.0. The third kappa shape index (κ3) is 9.47. The van der Waals surface area contributed by atoms with Crippen molar-refractivity contribution >= 4 is 52.6 Å². The number of aromatic nitrogens is 1. The van der Waals surface area contributed by atoms with Crippen molar-refractivity contribution in [3.05, 3.63) is 125 Å². The van der Waals surface area contributed by atoms with Crippen LogP contribution in [0.5, 0.6) is 0 Å². The van der Waals surface area contributed by atoms with E-state index in [0.29, 0.717) is 10.9 Å². The molecule has 4 aromatic rings. The first-order valence-electron chi connectivity index (χ1n) is 24.0. The molecule has 18 nitrogen and oxygen atoms in total. The van der Waals surface area contributed by atoms with Gasteiger partial charge in [0.05, 0.1) is 35.1 Å². The van der Waals surface area contributed by atoms with E-state index in [1.165, 1.54) is 32.0 Å². The second-order valence-electron chi connectivity index (χ2n) is 20.9. The SMILES string of the molecule is CC(=O)O[C@H]1C(=O)[C@@]2(C)[C@H]([C@H](OC(=O)c3ccccc3)[C@]3(O)C[C@H](OC(=O)[C@H](OC(=O)c4ccc5ccccc5n4)[C@@H](NC(=O)OC(C)(C)C)c4ccccc4)C(C)=C1C3(C)C)[C@]1(OC(C)=O)CO[C@@H]1C[C@@H]2O. The van der Waals surface area contributed by atoms with Crippen LogP contribution in [0.4, 0.5) is 4.79 Å². The van der Waals surface area contributed by atoms with Crippen LogP contribution in [0, 0.1) is 16.7 Å². The molecule has 0 radical (unpaired) electrons. The Labute approximate surface area is 421 Å².